The molecule has 1 aromatic rings. The Kier molecular flexibility index (Phi) is 5.62. The first-order chi connectivity index (χ1) is 6.87. The van der Waals surface area contributed by atoms with Gasteiger partial charge in [0, 0.05) is 12.7 Å². The number of hydrogen-bond donors (Lipinski definition) is 0. The summed E-state index contributed by atoms with van der Waals surface area (Å²) in [5.74, 6) is 0.121. The topological polar surface area (TPSA) is 26.3 Å². The number of carbonyl (C=O) groups is 1. The van der Waals surface area contributed by atoms with E-state index in [0.29, 0.717) is 7.11 Å². The Morgan fingerprint density at radius 1 is 1.20 bits per heavy atom. The van der Waals surface area contributed by atoms with E-state index in [9.17, 15) is 18.0 Å². The van der Waals surface area contributed by atoms with Gasteiger partial charge in [-0.3, -0.25) is 9.53 Å². The first-order valence-corrected chi connectivity index (χ1v) is 4.04. The van der Waals surface area contributed by atoms with Crippen molar-refractivity contribution < 1.29 is 22.7 Å². The highest BCUT2D eigenvalue weighted by Crippen LogP contribution is 2.13. The summed E-state index contributed by atoms with van der Waals surface area (Å²) in [6, 6.07) is 9.23. The molecule has 84 valence electrons. The van der Waals surface area contributed by atoms with Gasteiger partial charge in [-0.15, -0.1) is 13.2 Å². The van der Waals surface area contributed by atoms with Crippen LogP contribution >= 0.6 is 0 Å². The lowest BCUT2D eigenvalue weighted by Gasteiger charge is -1.97. The van der Waals surface area contributed by atoms with Crippen LogP contribution in [0, 0.1) is 0 Å². The molecule has 0 bridgehead atoms. The predicted molar refractivity (Wildman–Crippen MR) is 49.5 cm³/mol. The lowest BCUT2D eigenvalue weighted by molar-refractivity contribution is -0.311. The Labute approximate surface area is 85.7 Å². The van der Waals surface area contributed by atoms with Crippen molar-refractivity contribution in [2.24, 2.45) is 0 Å². The van der Waals surface area contributed by atoms with E-state index in [0.717, 1.165) is 5.56 Å². The van der Waals surface area contributed by atoms with Gasteiger partial charge in [0.25, 0.3) is 0 Å². The second-order valence-corrected chi connectivity index (χ2v) is 2.57. The zero-order valence-electron chi connectivity index (χ0n) is 8.34. The molecule has 0 atom stereocenters. The van der Waals surface area contributed by atoms with E-state index < -0.39 is 6.36 Å². The van der Waals surface area contributed by atoms with Gasteiger partial charge >= 0.3 is 6.36 Å². The van der Waals surface area contributed by atoms with E-state index in [1.54, 1.807) is 6.92 Å². The SMILES string of the molecule is CC(=O)c1ccccc1.COC(F)(F)F. The number of ketones is 1. The largest absolute Gasteiger partial charge is 0.522 e. The van der Waals surface area contributed by atoms with Gasteiger partial charge in [-0.05, 0) is 6.92 Å². The van der Waals surface area contributed by atoms with Crippen molar-refractivity contribution in [1.82, 2.24) is 0 Å². The molecule has 0 heterocycles. The number of benzene rings is 1. The van der Waals surface area contributed by atoms with Crippen molar-refractivity contribution >= 4 is 5.78 Å². The van der Waals surface area contributed by atoms with Crippen molar-refractivity contribution in [3.05, 3.63) is 35.9 Å². The lowest BCUT2D eigenvalue weighted by Crippen LogP contribution is -2.08. The smallest absolute Gasteiger partial charge is 0.295 e. The highest BCUT2D eigenvalue weighted by molar-refractivity contribution is 5.93. The highest BCUT2D eigenvalue weighted by Gasteiger charge is 2.25. The van der Waals surface area contributed by atoms with Gasteiger partial charge in [0.1, 0.15) is 0 Å². The van der Waals surface area contributed by atoms with Crippen molar-refractivity contribution in [1.29, 1.82) is 0 Å². The average Bonchev–Trinajstić information content (AvgIpc) is 2.19. The van der Waals surface area contributed by atoms with Gasteiger partial charge in [0.15, 0.2) is 5.78 Å². The van der Waals surface area contributed by atoms with Crippen molar-refractivity contribution in [2.45, 2.75) is 13.3 Å². The third kappa shape index (κ3) is 7.69. The molecule has 1 aromatic carbocycles. The van der Waals surface area contributed by atoms with Gasteiger partial charge in [0.2, 0.25) is 0 Å². The first kappa shape index (κ1) is 13.6. The molecule has 1 rings (SSSR count). The van der Waals surface area contributed by atoms with Crippen LogP contribution in [0.25, 0.3) is 0 Å². The molecule has 0 radical (unpaired) electrons. The number of ether oxygens (including phenoxy) is 1. The van der Waals surface area contributed by atoms with Crippen molar-refractivity contribution in [3.63, 3.8) is 0 Å². The van der Waals surface area contributed by atoms with Crippen LogP contribution in [0.1, 0.15) is 17.3 Å². The molecule has 0 fully saturated rings. The predicted octanol–water partition coefficient (Wildman–Crippen LogP) is 3.04. The summed E-state index contributed by atoms with van der Waals surface area (Å²) in [7, 11) is 0.583. The normalized spacial score (nSPS) is 10.2. The number of Topliss-reactive ketones (excluding diaryl/α,β-unsaturated/α-hetero) is 1. The molecule has 0 amide bonds. The summed E-state index contributed by atoms with van der Waals surface area (Å²) in [6.07, 6.45) is -4.46. The molecule has 0 aliphatic rings. The van der Waals surface area contributed by atoms with E-state index in [4.69, 9.17) is 0 Å². The number of rotatable bonds is 1. The zero-order valence-corrected chi connectivity index (χ0v) is 8.34. The summed E-state index contributed by atoms with van der Waals surface area (Å²) in [6.45, 7) is 1.56. The molecular weight excluding hydrogens is 209 g/mol. The summed E-state index contributed by atoms with van der Waals surface area (Å²) >= 11 is 0. The van der Waals surface area contributed by atoms with E-state index in [2.05, 4.69) is 4.74 Å². The maximum atomic E-state index is 10.6. The molecule has 0 spiro atoms. The zero-order chi connectivity index (χ0) is 11.9. The van der Waals surface area contributed by atoms with Crippen LogP contribution in [0.2, 0.25) is 0 Å². The molecule has 15 heavy (non-hydrogen) atoms. The Hall–Kier alpha value is -1.36. The monoisotopic (exact) mass is 220 g/mol. The van der Waals surface area contributed by atoms with E-state index in [1.807, 2.05) is 30.3 Å². The van der Waals surface area contributed by atoms with E-state index in [-0.39, 0.29) is 5.78 Å². The number of hydrogen-bond acceptors (Lipinski definition) is 2. The molecule has 0 aliphatic heterocycles. The van der Waals surface area contributed by atoms with Crippen LogP contribution in [0.5, 0.6) is 0 Å². The minimum Gasteiger partial charge on any atom is -0.295 e. The molecule has 2 nitrogen and oxygen atoms in total. The van der Waals surface area contributed by atoms with Gasteiger partial charge in [-0.1, -0.05) is 30.3 Å². The molecular formula is C10H11F3O2. The second kappa shape index (κ2) is 6.19. The molecule has 0 saturated heterocycles. The van der Waals surface area contributed by atoms with Crippen molar-refractivity contribution in [3.8, 4) is 0 Å². The summed E-state index contributed by atoms with van der Waals surface area (Å²) in [5.41, 5.74) is 0.775. The van der Waals surface area contributed by atoms with Gasteiger partial charge in [-0.25, -0.2) is 0 Å². The Balaban J connectivity index is 0.000000288. The molecule has 0 N–H and O–H groups in total. The fraction of sp³-hybridized carbons (Fsp3) is 0.300. The quantitative estimate of drug-likeness (QED) is 0.680. The molecule has 0 aliphatic carbocycles. The number of halogens is 3. The second-order valence-electron chi connectivity index (χ2n) is 2.57. The Morgan fingerprint density at radius 2 is 1.60 bits per heavy atom. The number of carbonyl (C=O) groups excluding carboxylic acids is 1. The Morgan fingerprint density at radius 3 is 1.80 bits per heavy atom. The van der Waals surface area contributed by atoms with E-state index in [1.165, 1.54) is 0 Å². The average molecular weight is 220 g/mol. The summed E-state index contributed by atoms with van der Waals surface area (Å²) < 4.78 is 34.6. The van der Waals surface area contributed by atoms with Crippen LogP contribution in [-0.4, -0.2) is 19.3 Å². The first-order valence-electron chi connectivity index (χ1n) is 4.04. The van der Waals surface area contributed by atoms with Crippen LogP contribution in [-0.2, 0) is 4.74 Å². The minimum absolute atomic E-state index is 0.121. The van der Waals surface area contributed by atoms with Crippen LogP contribution in [0.15, 0.2) is 30.3 Å². The summed E-state index contributed by atoms with van der Waals surface area (Å²) in [4.78, 5) is 10.6. The van der Waals surface area contributed by atoms with E-state index >= 15 is 0 Å². The number of methoxy groups -OCH3 is 1. The van der Waals surface area contributed by atoms with Crippen LogP contribution < -0.4 is 0 Å². The fourth-order valence-corrected chi connectivity index (χ4v) is 0.673. The highest BCUT2D eigenvalue weighted by atomic mass is 19.4. The maximum Gasteiger partial charge on any atom is 0.522 e. The van der Waals surface area contributed by atoms with Crippen molar-refractivity contribution in [2.75, 3.05) is 7.11 Å². The molecule has 0 saturated carbocycles. The number of alkyl halides is 3. The third-order valence-electron chi connectivity index (χ3n) is 1.41. The van der Waals surface area contributed by atoms with Gasteiger partial charge in [0.05, 0.1) is 0 Å². The molecule has 0 aromatic heterocycles. The van der Waals surface area contributed by atoms with Gasteiger partial charge in [-0.2, -0.15) is 0 Å². The standard InChI is InChI=1S/C8H8O.C2H3F3O/c1-7(9)8-5-3-2-4-6-8;1-6-2(3,4)5/h2-6H,1H3;1H3. The van der Waals surface area contributed by atoms with Gasteiger partial charge < -0.3 is 0 Å². The fourth-order valence-electron chi connectivity index (χ4n) is 0.673. The lowest BCUT2D eigenvalue weighted by atomic mass is 10.2. The maximum absolute atomic E-state index is 10.6. The minimum atomic E-state index is -4.46. The Bertz CT molecular complexity index is 293. The molecule has 5 heteroatoms. The third-order valence-corrected chi connectivity index (χ3v) is 1.41. The van der Waals surface area contributed by atoms with Crippen LogP contribution in [0.4, 0.5) is 13.2 Å². The summed E-state index contributed by atoms with van der Waals surface area (Å²) in [5, 5.41) is 0. The molecule has 0 unspecified atom stereocenters. The van der Waals surface area contributed by atoms with Crippen LogP contribution in [0.3, 0.4) is 0 Å².